The third-order valence-electron chi connectivity index (χ3n) is 4.91. The lowest BCUT2D eigenvalue weighted by Crippen LogP contribution is -2.36. The predicted molar refractivity (Wildman–Crippen MR) is 105 cm³/mol. The quantitative estimate of drug-likeness (QED) is 0.685. The van der Waals surface area contributed by atoms with Crippen LogP contribution in [0.3, 0.4) is 0 Å². The van der Waals surface area contributed by atoms with Gasteiger partial charge in [-0.1, -0.05) is 0 Å². The fourth-order valence-corrected chi connectivity index (χ4v) is 3.55. The number of hydrogen-bond donors (Lipinski definition) is 2. The topological polar surface area (TPSA) is 95.2 Å². The number of nitrogens with one attached hydrogen (secondary N) is 1. The zero-order valence-corrected chi connectivity index (χ0v) is 15.7. The van der Waals surface area contributed by atoms with Crippen LogP contribution in [0, 0.1) is 0 Å². The van der Waals surface area contributed by atoms with Crippen molar-refractivity contribution < 1.29 is 5.11 Å². The first-order chi connectivity index (χ1) is 13.0. The minimum absolute atomic E-state index is 0.107. The molecule has 0 aromatic carbocycles. The van der Waals surface area contributed by atoms with Crippen LogP contribution in [0.15, 0.2) is 31.0 Å². The van der Waals surface area contributed by atoms with Gasteiger partial charge < -0.3 is 24.8 Å². The zero-order chi connectivity index (χ0) is 19.0. The summed E-state index contributed by atoms with van der Waals surface area (Å²) in [6, 6.07) is 3.95. The molecule has 1 aliphatic rings. The number of nitrogens with zero attached hydrogens (tertiary/aromatic N) is 7. The molecule has 0 spiro atoms. The summed E-state index contributed by atoms with van der Waals surface area (Å²) >= 11 is 0. The number of anilines is 3. The fourth-order valence-electron chi connectivity index (χ4n) is 3.55. The molecule has 3 aromatic heterocycles. The van der Waals surface area contributed by atoms with Crippen molar-refractivity contribution in [2.24, 2.45) is 7.05 Å². The summed E-state index contributed by atoms with van der Waals surface area (Å²) in [6.45, 7) is 1.20. The number of fused-ring (bicyclic) bond motifs is 1. The fraction of sp³-hybridized carbons (Fsp3) is 0.444. The third kappa shape index (κ3) is 3.37. The van der Waals surface area contributed by atoms with Gasteiger partial charge in [0.25, 0.3) is 0 Å². The van der Waals surface area contributed by atoms with Gasteiger partial charge in [0.1, 0.15) is 23.5 Å². The molecule has 3 aromatic rings. The van der Waals surface area contributed by atoms with E-state index in [0.717, 1.165) is 28.5 Å². The van der Waals surface area contributed by atoms with Gasteiger partial charge in [-0.25, -0.2) is 19.9 Å². The Morgan fingerprint density at radius 1 is 1.26 bits per heavy atom. The number of imidazole rings is 1. The molecule has 1 aliphatic heterocycles. The van der Waals surface area contributed by atoms with Crippen LogP contribution in [0.1, 0.15) is 6.42 Å². The van der Waals surface area contributed by atoms with Crippen molar-refractivity contribution in [1.82, 2.24) is 24.5 Å². The van der Waals surface area contributed by atoms with E-state index in [9.17, 15) is 5.11 Å². The number of aliphatic hydroxyl groups is 1. The summed E-state index contributed by atoms with van der Waals surface area (Å²) in [6.07, 6.45) is 5.41. The molecular weight excluding hydrogens is 344 g/mol. The molecule has 0 amide bonds. The Hall–Kier alpha value is -2.94. The van der Waals surface area contributed by atoms with Gasteiger partial charge in [-0.2, -0.15) is 0 Å². The van der Waals surface area contributed by atoms with Gasteiger partial charge in [0.05, 0.1) is 24.0 Å². The lowest BCUT2D eigenvalue weighted by Gasteiger charge is -2.26. The summed E-state index contributed by atoms with van der Waals surface area (Å²) in [7, 11) is 5.85. The summed E-state index contributed by atoms with van der Waals surface area (Å²) in [5, 5.41) is 13.7. The smallest absolute Gasteiger partial charge is 0.152 e. The molecule has 2 N–H and O–H groups in total. The van der Waals surface area contributed by atoms with E-state index in [2.05, 4.69) is 30.2 Å². The average molecular weight is 368 g/mol. The van der Waals surface area contributed by atoms with E-state index in [0.29, 0.717) is 19.5 Å². The number of aliphatic hydroxyl groups excluding tert-OH is 1. The van der Waals surface area contributed by atoms with E-state index >= 15 is 0 Å². The molecule has 0 bridgehead atoms. The van der Waals surface area contributed by atoms with Gasteiger partial charge in [-0.3, -0.25) is 0 Å². The Morgan fingerprint density at radius 2 is 2.11 bits per heavy atom. The minimum atomic E-state index is -0.380. The molecule has 1 saturated heterocycles. The van der Waals surface area contributed by atoms with E-state index in [1.807, 2.05) is 42.7 Å². The zero-order valence-electron chi connectivity index (χ0n) is 15.7. The largest absolute Gasteiger partial charge is 0.391 e. The maximum atomic E-state index is 10.2. The number of hydrogen-bond acceptors (Lipinski definition) is 8. The van der Waals surface area contributed by atoms with Gasteiger partial charge in [0.15, 0.2) is 5.82 Å². The lowest BCUT2D eigenvalue weighted by atomic mass is 10.2. The van der Waals surface area contributed by atoms with Gasteiger partial charge in [-0.15, -0.1) is 0 Å². The van der Waals surface area contributed by atoms with E-state index < -0.39 is 0 Å². The number of aryl methyl sites for hydroxylation is 1. The van der Waals surface area contributed by atoms with Crippen LogP contribution in [-0.4, -0.2) is 68.9 Å². The standard InChI is InChI=1S/C18H24N8O/c1-24(2)15-7-16(22-10-21-15)26-9-13(27)6-12(26)8-20-18-17-14(4-5-19-18)23-11-25(17)3/h4-5,7,10-13,27H,6,8-9H2,1-3H3,(H,19,20)/t12-,13-/m1/s1. The van der Waals surface area contributed by atoms with Gasteiger partial charge in [0.2, 0.25) is 0 Å². The highest BCUT2D eigenvalue weighted by Gasteiger charge is 2.32. The molecular formula is C18H24N8O. The molecule has 9 nitrogen and oxygen atoms in total. The molecule has 0 aliphatic carbocycles. The first-order valence-electron chi connectivity index (χ1n) is 8.97. The average Bonchev–Trinajstić information content (AvgIpc) is 3.23. The van der Waals surface area contributed by atoms with Crippen molar-refractivity contribution in [1.29, 1.82) is 0 Å². The second-order valence-electron chi connectivity index (χ2n) is 7.09. The molecule has 1 fully saturated rings. The van der Waals surface area contributed by atoms with Gasteiger partial charge >= 0.3 is 0 Å². The first kappa shape index (κ1) is 17.5. The second-order valence-corrected chi connectivity index (χ2v) is 7.09. The molecule has 0 radical (unpaired) electrons. The Balaban J connectivity index is 1.55. The number of rotatable bonds is 5. The predicted octanol–water partition coefficient (Wildman–Crippen LogP) is 0.876. The van der Waals surface area contributed by atoms with Crippen LogP contribution >= 0.6 is 0 Å². The monoisotopic (exact) mass is 368 g/mol. The van der Waals surface area contributed by atoms with Crippen LogP contribution in [0.2, 0.25) is 0 Å². The van der Waals surface area contributed by atoms with E-state index in [1.54, 1.807) is 18.9 Å². The van der Waals surface area contributed by atoms with E-state index in [4.69, 9.17) is 0 Å². The summed E-state index contributed by atoms with van der Waals surface area (Å²) < 4.78 is 1.96. The molecule has 0 unspecified atom stereocenters. The highest BCUT2D eigenvalue weighted by atomic mass is 16.3. The highest BCUT2D eigenvalue weighted by molar-refractivity contribution is 5.85. The van der Waals surface area contributed by atoms with Crippen molar-refractivity contribution in [3.8, 4) is 0 Å². The molecule has 9 heteroatoms. The van der Waals surface area contributed by atoms with Crippen LogP contribution in [-0.2, 0) is 7.05 Å². The minimum Gasteiger partial charge on any atom is -0.391 e. The van der Waals surface area contributed by atoms with Gasteiger partial charge in [0, 0.05) is 46.5 Å². The number of pyridine rings is 1. The Kier molecular flexibility index (Phi) is 4.53. The maximum Gasteiger partial charge on any atom is 0.152 e. The van der Waals surface area contributed by atoms with Crippen LogP contribution in [0.4, 0.5) is 17.5 Å². The number of aromatic nitrogens is 5. The molecule has 2 atom stereocenters. The molecule has 27 heavy (non-hydrogen) atoms. The molecule has 4 heterocycles. The molecule has 0 saturated carbocycles. The molecule has 142 valence electrons. The summed E-state index contributed by atoms with van der Waals surface area (Å²) in [4.78, 5) is 21.6. The Bertz CT molecular complexity index is 940. The van der Waals surface area contributed by atoms with Crippen molar-refractivity contribution in [3.05, 3.63) is 31.0 Å². The van der Waals surface area contributed by atoms with Crippen LogP contribution in [0.5, 0.6) is 0 Å². The molecule has 4 rings (SSSR count). The number of β-amino-alcohol motifs (C(OH)–C–C–N with tert-alkyl or cyclic N) is 1. The maximum absolute atomic E-state index is 10.2. The van der Waals surface area contributed by atoms with E-state index in [-0.39, 0.29) is 12.1 Å². The summed E-state index contributed by atoms with van der Waals surface area (Å²) in [5.41, 5.74) is 1.88. The first-order valence-corrected chi connectivity index (χ1v) is 8.97. The Labute approximate surface area is 157 Å². The highest BCUT2D eigenvalue weighted by Crippen LogP contribution is 2.27. The van der Waals surface area contributed by atoms with Gasteiger partial charge in [-0.05, 0) is 12.5 Å². The normalized spacial score (nSPS) is 19.6. The van der Waals surface area contributed by atoms with Crippen molar-refractivity contribution in [3.63, 3.8) is 0 Å². The third-order valence-corrected chi connectivity index (χ3v) is 4.91. The van der Waals surface area contributed by atoms with Crippen LogP contribution in [0.25, 0.3) is 11.0 Å². The van der Waals surface area contributed by atoms with Crippen molar-refractivity contribution in [2.75, 3.05) is 42.3 Å². The van der Waals surface area contributed by atoms with Crippen molar-refractivity contribution in [2.45, 2.75) is 18.6 Å². The van der Waals surface area contributed by atoms with Crippen molar-refractivity contribution >= 4 is 28.5 Å². The summed E-state index contributed by atoms with van der Waals surface area (Å²) in [5.74, 6) is 2.46. The Morgan fingerprint density at radius 3 is 2.93 bits per heavy atom. The van der Waals surface area contributed by atoms with Crippen LogP contribution < -0.4 is 15.1 Å². The lowest BCUT2D eigenvalue weighted by molar-refractivity contribution is 0.194. The van der Waals surface area contributed by atoms with E-state index in [1.165, 1.54) is 0 Å². The second kappa shape index (κ2) is 6.99. The SMILES string of the molecule is CN(C)c1cc(N2C[C@H](O)C[C@@H]2CNc2nccc3ncn(C)c23)ncn1.